The highest BCUT2D eigenvalue weighted by molar-refractivity contribution is 5.81. The van der Waals surface area contributed by atoms with Crippen LogP contribution in [0.3, 0.4) is 0 Å². The first-order valence-electron chi connectivity index (χ1n) is 7.35. The topological polar surface area (TPSA) is 50.1 Å². The molecule has 1 aromatic heterocycles. The van der Waals surface area contributed by atoms with Crippen molar-refractivity contribution in [2.45, 2.75) is 20.0 Å². The van der Waals surface area contributed by atoms with Crippen LogP contribution in [0, 0.1) is 13.8 Å². The van der Waals surface area contributed by atoms with E-state index in [1.807, 2.05) is 23.7 Å². The number of aromatic nitrogens is 2. The van der Waals surface area contributed by atoms with Crippen LogP contribution in [0.1, 0.15) is 23.0 Å². The molecule has 4 rings (SSSR count). The first-order valence-corrected chi connectivity index (χ1v) is 7.35. The molecule has 110 valence electrons. The van der Waals surface area contributed by atoms with Crippen molar-refractivity contribution in [3.8, 4) is 17.0 Å². The molecule has 0 saturated heterocycles. The summed E-state index contributed by atoms with van der Waals surface area (Å²) in [5.74, 6) is 0.271. The number of nitrogens with one attached hydrogen (secondary N) is 1. The van der Waals surface area contributed by atoms with E-state index in [-0.39, 0.29) is 11.9 Å². The quantitative estimate of drug-likeness (QED) is 0.716. The van der Waals surface area contributed by atoms with Crippen molar-refractivity contribution < 1.29 is 5.11 Å². The molecule has 0 aliphatic carbocycles. The van der Waals surface area contributed by atoms with Gasteiger partial charge in [0, 0.05) is 11.3 Å². The second-order valence-corrected chi connectivity index (χ2v) is 5.75. The van der Waals surface area contributed by atoms with Gasteiger partial charge in [0.15, 0.2) is 0 Å². The summed E-state index contributed by atoms with van der Waals surface area (Å²) in [6.45, 7) is 4.12. The molecule has 0 unspecified atom stereocenters. The van der Waals surface area contributed by atoms with Crippen LogP contribution in [0.25, 0.3) is 11.3 Å². The summed E-state index contributed by atoms with van der Waals surface area (Å²) in [5, 5.41) is 17.8. The van der Waals surface area contributed by atoms with E-state index in [1.165, 1.54) is 11.1 Å². The number of benzene rings is 2. The number of para-hydroxylation sites is 1. The number of aromatic hydroxyl groups is 1. The Labute approximate surface area is 129 Å². The fraction of sp³-hybridized carbons (Fsp3) is 0.167. The number of hydrogen-bond donors (Lipinski definition) is 2. The van der Waals surface area contributed by atoms with E-state index in [0.29, 0.717) is 0 Å². The molecular weight excluding hydrogens is 274 g/mol. The maximum atomic E-state index is 9.51. The zero-order valence-electron chi connectivity index (χ0n) is 12.5. The monoisotopic (exact) mass is 291 g/mol. The molecule has 0 spiro atoms. The summed E-state index contributed by atoms with van der Waals surface area (Å²) in [6, 6.07) is 15.7. The Balaban J connectivity index is 1.92. The Morgan fingerprint density at radius 2 is 1.86 bits per heavy atom. The van der Waals surface area contributed by atoms with Crippen molar-refractivity contribution in [3.05, 3.63) is 65.4 Å². The third-order valence-electron chi connectivity index (χ3n) is 4.14. The van der Waals surface area contributed by atoms with E-state index in [0.717, 1.165) is 22.6 Å². The molecule has 0 bridgehead atoms. The Morgan fingerprint density at radius 1 is 1.09 bits per heavy atom. The van der Waals surface area contributed by atoms with E-state index in [4.69, 9.17) is 0 Å². The molecule has 3 aromatic rings. The van der Waals surface area contributed by atoms with Crippen LogP contribution in [0.4, 0.5) is 5.69 Å². The van der Waals surface area contributed by atoms with Crippen molar-refractivity contribution in [3.63, 3.8) is 0 Å². The molecule has 0 fully saturated rings. The second-order valence-electron chi connectivity index (χ2n) is 5.75. The average molecular weight is 291 g/mol. The van der Waals surface area contributed by atoms with Crippen LogP contribution in [0.2, 0.25) is 0 Å². The van der Waals surface area contributed by atoms with Crippen molar-refractivity contribution in [2.24, 2.45) is 0 Å². The highest BCUT2D eigenvalue weighted by atomic mass is 16.3. The maximum absolute atomic E-state index is 9.51. The van der Waals surface area contributed by atoms with Gasteiger partial charge in [-0.05, 0) is 43.2 Å². The van der Waals surface area contributed by atoms with Gasteiger partial charge in [0.1, 0.15) is 11.9 Å². The molecule has 0 radical (unpaired) electrons. The van der Waals surface area contributed by atoms with Crippen molar-refractivity contribution in [1.82, 2.24) is 9.78 Å². The smallest absolute Gasteiger partial charge is 0.147 e. The summed E-state index contributed by atoms with van der Waals surface area (Å²) in [4.78, 5) is 0. The van der Waals surface area contributed by atoms with Crippen LogP contribution in [-0.2, 0) is 0 Å². The molecule has 1 atom stereocenters. The number of anilines is 1. The number of phenols is 1. The minimum Gasteiger partial charge on any atom is -0.508 e. The van der Waals surface area contributed by atoms with E-state index < -0.39 is 0 Å². The lowest BCUT2D eigenvalue weighted by molar-refractivity contribution is 0.474. The van der Waals surface area contributed by atoms with Gasteiger partial charge in [-0.25, -0.2) is 4.68 Å². The molecule has 2 heterocycles. The Morgan fingerprint density at radius 3 is 2.64 bits per heavy atom. The number of rotatable bonds is 1. The molecule has 4 nitrogen and oxygen atoms in total. The molecular formula is C18H17N3O. The predicted molar refractivity (Wildman–Crippen MR) is 87.0 cm³/mol. The summed E-state index contributed by atoms with van der Waals surface area (Å²) < 4.78 is 2.02. The van der Waals surface area contributed by atoms with Crippen LogP contribution in [0.5, 0.6) is 5.75 Å². The van der Waals surface area contributed by atoms with Gasteiger partial charge in [-0.1, -0.05) is 30.3 Å². The highest BCUT2D eigenvalue weighted by Gasteiger charge is 2.27. The summed E-state index contributed by atoms with van der Waals surface area (Å²) in [6.07, 6.45) is -0.0714. The van der Waals surface area contributed by atoms with Gasteiger partial charge in [-0.15, -0.1) is 0 Å². The molecule has 0 amide bonds. The fourth-order valence-electron chi connectivity index (χ4n) is 3.07. The third-order valence-corrected chi connectivity index (χ3v) is 4.14. The molecule has 2 N–H and O–H groups in total. The number of fused-ring (bicyclic) bond motifs is 3. The standard InChI is InChI=1S/C18H17N3O/c1-11-4-3-5-15-16-10-12(2)20-21(16)18(19-17(11)15)13-6-8-14(22)9-7-13/h3-10,18-19,22H,1-2H3/t18-/m0/s1. The highest BCUT2D eigenvalue weighted by Crippen LogP contribution is 2.40. The summed E-state index contributed by atoms with van der Waals surface area (Å²) >= 11 is 0. The van der Waals surface area contributed by atoms with Gasteiger partial charge >= 0.3 is 0 Å². The van der Waals surface area contributed by atoms with Gasteiger partial charge < -0.3 is 10.4 Å². The lowest BCUT2D eigenvalue weighted by atomic mass is 10.0. The third kappa shape index (κ3) is 1.88. The lowest BCUT2D eigenvalue weighted by Gasteiger charge is -2.30. The lowest BCUT2D eigenvalue weighted by Crippen LogP contribution is -2.26. The van der Waals surface area contributed by atoms with Crippen molar-refractivity contribution in [2.75, 3.05) is 5.32 Å². The number of nitrogens with zero attached hydrogens (tertiary/aromatic N) is 2. The fourth-order valence-corrected chi connectivity index (χ4v) is 3.07. The summed E-state index contributed by atoms with van der Waals surface area (Å²) in [7, 11) is 0. The molecule has 4 heteroatoms. The zero-order valence-corrected chi connectivity index (χ0v) is 12.5. The van der Waals surface area contributed by atoms with E-state index >= 15 is 0 Å². The number of phenolic OH excluding ortho intramolecular Hbond substituents is 1. The predicted octanol–water partition coefficient (Wildman–Crippen LogP) is 3.84. The van der Waals surface area contributed by atoms with Crippen molar-refractivity contribution in [1.29, 1.82) is 0 Å². The Kier molecular flexibility index (Phi) is 2.73. The Hall–Kier alpha value is -2.75. The van der Waals surface area contributed by atoms with Crippen LogP contribution >= 0.6 is 0 Å². The van der Waals surface area contributed by atoms with E-state index in [1.54, 1.807) is 12.1 Å². The van der Waals surface area contributed by atoms with Gasteiger partial charge in [-0.3, -0.25) is 0 Å². The number of hydrogen-bond acceptors (Lipinski definition) is 3. The molecule has 1 aliphatic heterocycles. The second kappa shape index (κ2) is 4.63. The minimum atomic E-state index is -0.0714. The largest absolute Gasteiger partial charge is 0.508 e. The van der Waals surface area contributed by atoms with Gasteiger partial charge in [0.25, 0.3) is 0 Å². The molecule has 2 aromatic carbocycles. The average Bonchev–Trinajstić information content (AvgIpc) is 2.90. The van der Waals surface area contributed by atoms with Crippen molar-refractivity contribution >= 4 is 5.69 Å². The normalized spacial score (nSPS) is 15.8. The van der Waals surface area contributed by atoms with Crippen LogP contribution in [-0.4, -0.2) is 14.9 Å². The first-order chi connectivity index (χ1) is 10.6. The van der Waals surface area contributed by atoms with Gasteiger partial charge in [0.05, 0.1) is 11.4 Å². The zero-order chi connectivity index (χ0) is 15.3. The van der Waals surface area contributed by atoms with Gasteiger partial charge in [-0.2, -0.15) is 5.10 Å². The molecule has 22 heavy (non-hydrogen) atoms. The number of aryl methyl sites for hydroxylation is 2. The van der Waals surface area contributed by atoms with Gasteiger partial charge in [0.2, 0.25) is 0 Å². The SMILES string of the molecule is Cc1cc2n(n1)[C@@H](c1ccc(O)cc1)Nc1c(C)cccc1-2. The first kappa shape index (κ1) is 13.0. The molecule has 1 aliphatic rings. The maximum Gasteiger partial charge on any atom is 0.147 e. The van der Waals surface area contributed by atoms with Crippen LogP contribution < -0.4 is 5.32 Å². The summed E-state index contributed by atoms with van der Waals surface area (Å²) in [5.41, 5.74) is 6.72. The van der Waals surface area contributed by atoms with Crippen LogP contribution in [0.15, 0.2) is 48.5 Å². The minimum absolute atomic E-state index is 0.0714. The van der Waals surface area contributed by atoms with E-state index in [2.05, 4.69) is 41.6 Å². The molecule has 0 saturated carbocycles. The Bertz CT molecular complexity index is 849. The van der Waals surface area contributed by atoms with E-state index in [9.17, 15) is 5.11 Å².